The fraction of sp³-hybridized carbons (Fsp3) is 0.381. The van der Waals surface area contributed by atoms with E-state index in [1.54, 1.807) is 12.1 Å². The second kappa shape index (κ2) is 9.73. The number of sulfone groups is 1. The fourth-order valence-corrected chi connectivity index (χ4v) is 4.74. The molecule has 8 heteroatoms. The third-order valence-corrected chi connectivity index (χ3v) is 6.60. The Morgan fingerprint density at radius 2 is 1.66 bits per heavy atom. The first-order valence-electron chi connectivity index (χ1n) is 9.73. The molecule has 2 N–H and O–H groups in total. The lowest BCUT2D eigenvalue weighted by molar-refractivity contribution is 0.380. The van der Waals surface area contributed by atoms with Gasteiger partial charge in [0.15, 0.2) is 15.8 Å². The summed E-state index contributed by atoms with van der Waals surface area (Å²) in [5.74, 6) is 0.355. The van der Waals surface area contributed by atoms with Gasteiger partial charge in [0.25, 0.3) is 0 Å². The summed E-state index contributed by atoms with van der Waals surface area (Å²) < 4.78 is 37.5. The molecule has 1 fully saturated rings. The second-order valence-corrected chi connectivity index (χ2v) is 9.31. The summed E-state index contributed by atoms with van der Waals surface area (Å²) in [7, 11) is -3.16. The lowest BCUT2D eigenvalue weighted by Crippen LogP contribution is -2.51. The van der Waals surface area contributed by atoms with Crippen molar-refractivity contribution in [2.75, 3.05) is 43.4 Å². The van der Waals surface area contributed by atoms with Crippen molar-refractivity contribution in [1.29, 1.82) is 0 Å². The lowest BCUT2D eigenvalue weighted by atomic mass is 10.2. The minimum atomic E-state index is -3.16. The Balaban J connectivity index is 1.42. The number of benzene rings is 2. The smallest absolute Gasteiger partial charge is 0.191 e. The molecule has 0 unspecified atom stereocenters. The summed E-state index contributed by atoms with van der Waals surface area (Å²) >= 11 is 0. The van der Waals surface area contributed by atoms with E-state index in [-0.39, 0.29) is 17.3 Å². The highest BCUT2D eigenvalue weighted by Crippen LogP contribution is 2.16. The van der Waals surface area contributed by atoms with Crippen LogP contribution >= 0.6 is 0 Å². The van der Waals surface area contributed by atoms with Crippen LogP contribution in [-0.4, -0.2) is 57.8 Å². The van der Waals surface area contributed by atoms with Gasteiger partial charge in [0.1, 0.15) is 5.82 Å². The van der Waals surface area contributed by atoms with Crippen LogP contribution in [0.15, 0.2) is 59.6 Å². The molecule has 0 aliphatic carbocycles. The van der Waals surface area contributed by atoms with Gasteiger partial charge < -0.3 is 15.5 Å². The first-order chi connectivity index (χ1) is 13.9. The Morgan fingerprint density at radius 3 is 2.31 bits per heavy atom. The van der Waals surface area contributed by atoms with Crippen LogP contribution in [0.3, 0.4) is 0 Å². The van der Waals surface area contributed by atoms with Gasteiger partial charge in [0.2, 0.25) is 0 Å². The van der Waals surface area contributed by atoms with Gasteiger partial charge in [0, 0.05) is 38.4 Å². The Morgan fingerprint density at radius 1 is 1.00 bits per heavy atom. The Hall–Kier alpha value is -2.61. The Labute approximate surface area is 171 Å². The van der Waals surface area contributed by atoms with Gasteiger partial charge >= 0.3 is 0 Å². The van der Waals surface area contributed by atoms with Crippen LogP contribution in [0.1, 0.15) is 12.0 Å². The zero-order chi connectivity index (χ0) is 20.7. The minimum Gasteiger partial charge on any atom is -0.370 e. The molecule has 0 amide bonds. The van der Waals surface area contributed by atoms with Crippen molar-refractivity contribution in [3.05, 3.63) is 66.0 Å². The molecule has 6 nitrogen and oxygen atoms in total. The zero-order valence-corrected chi connectivity index (χ0v) is 17.2. The van der Waals surface area contributed by atoms with Crippen molar-refractivity contribution in [2.24, 2.45) is 10.7 Å². The number of guanidine groups is 1. The number of halogens is 1. The maximum absolute atomic E-state index is 13.1. The third-order valence-electron chi connectivity index (χ3n) is 4.91. The van der Waals surface area contributed by atoms with E-state index in [9.17, 15) is 12.8 Å². The molecule has 0 saturated carbocycles. The van der Waals surface area contributed by atoms with Gasteiger partial charge in [0.05, 0.1) is 11.5 Å². The van der Waals surface area contributed by atoms with Gasteiger partial charge in [-0.05, 0) is 36.2 Å². The molecule has 2 aromatic carbocycles. The monoisotopic (exact) mass is 418 g/mol. The van der Waals surface area contributed by atoms with Crippen molar-refractivity contribution in [3.63, 3.8) is 0 Å². The lowest BCUT2D eigenvalue weighted by Gasteiger charge is -2.36. The highest BCUT2D eigenvalue weighted by atomic mass is 32.2. The Kier molecular flexibility index (Phi) is 7.09. The maximum Gasteiger partial charge on any atom is 0.191 e. The molecule has 1 heterocycles. The summed E-state index contributed by atoms with van der Waals surface area (Å²) in [6.07, 6.45) is 0.450. The maximum atomic E-state index is 13.1. The average molecular weight is 419 g/mol. The number of hydrogen-bond acceptors (Lipinski definition) is 4. The van der Waals surface area contributed by atoms with Crippen molar-refractivity contribution >= 4 is 21.5 Å². The van der Waals surface area contributed by atoms with E-state index in [0.717, 1.165) is 37.4 Å². The number of piperazine rings is 1. The molecule has 1 aliphatic rings. The topological polar surface area (TPSA) is 79.0 Å². The number of aliphatic imine (C=N–C) groups is 1. The van der Waals surface area contributed by atoms with Gasteiger partial charge in [-0.1, -0.05) is 30.3 Å². The fourth-order valence-electron chi connectivity index (χ4n) is 3.32. The SMILES string of the molecule is NC(=NCCCS(=O)(=O)Cc1ccccc1)N1CCN(c2ccc(F)cc2)CC1. The molecule has 0 spiro atoms. The van der Waals surface area contributed by atoms with E-state index in [1.807, 2.05) is 35.2 Å². The third kappa shape index (κ3) is 6.45. The standard InChI is InChI=1S/C21H27FN4O2S/c22-19-7-9-20(10-8-19)25-12-14-26(15-13-25)21(23)24-11-4-16-29(27,28)17-18-5-2-1-3-6-18/h1-3,5-10H,4,11-17H2,(H2,23,24). The minimum absolute atomic E-state index is 0.0540. The molecule has 0 radical (unpaired) electrons. The molecule has 1 aliphatic heterocycles. The first-order valence-corrected chi connectivity index (χ1v) is 11.5. The normalized spacial score (nSPS) is 15.6. The van der Waals surface area contributed by atoms with Crippen LogP contribution in [0.25, 0.3) is 0 Å². The van der Waals surface area contributed by atoms with Gasteiger partial charge in [-0.15, -0.1) is 0 Å². The highest BCUT2D eigenvalue weighted by Gasteiger charge is 2.18. The highest BCUT2D eigenvalue weighted by molar-refractivity contribution is 7.90. The number of rotatable bonds is 7. The zero-order valence-electron chi connectivity index (χ0n) is 16.4. The summed E-state index contributed by atoms with van der Waals surface area (Å²) in [6.45, 7) is 3.37. The molecule has 3 rings (SSSR count). The number of nitrogens with zero attached hydrogens (tertiary/aromatic N) is 3. The van der Waals surface area contributed by atoms with Crippen LogP contribution in [0.2, 0.25) is 0 Å². The number of anilines is 1. The molecular formula is C21H27FN4O2S. The van der Waals surface area contributed by atoms with E-state index in [0.29, 0.717) is 18.9 Å². The quantitative estimate of drug-likeness (QED) is 0.424. The van der Waals surface area contributed by atoms with Crippen molar-refractivity contribution in [2.45, 2.75) is 12.2 Å². The van der Waals surface area contributed by atoms with Gasteiger partial charge in [-0.25, -0.2) is 12.8 Å². The average Bonchev–Trinajstić information content (AvgIpc) is 2.72. The molecule has 156 valence electrons. The molecule has 0 aromatic heterocycles. The number of hydrogen-bond donors (Lipinski definition) is 1. The molecular weight excluding hydrogens is 391 g/mol. The van der Waals surface area contributed by atoms with Crippen molar-refractivity contribution < 1.29 is 12.8 Å². The largest absolute Gasteiger partial charge is 0.370 e. The van der Waals surface area contributed by atoms with E-state index in [1.165, 1.54) is 12.1 Å². The van der Waals surface area contributed by atoms with E-state index < -0.39 is 9.84 Å². The summed E-state index contributed by atoms with van der Waals surface area (Å²) in [5.41, 5.74) is 7.88. The van der Waals surface area contributed by atoms with Gasteiger partial charge in [-0.2, -0.15) is 0 Å². The van der Waals surface area contributed by atoms with Crippen LogP contribution < -0.4 is 10.6 Å². The van der Waals surface area contributed by atoms with Crippen LogP contribution in [-0.2, 0) is 15.6 Å². The summed E-state index contributed by atoms with van der Waals surface area (Å²) in [6, 6.07) is 15.7. The first kappa shape index (κ1) is 21.1. The molecule has 2 aromatic rings. The second-order valence-electron chi connectivity index (χ2n) is 7.12. The predicted octanol–water partition coefficient (Wildman–Crippen LogP) is 2.27. The van der Waals surface area contributed by atoms with Crippen LogP contribution in [0.4, 0.5) is 10.1 Å². The molecule has 0 atom stereocenters. The van der Waals surface area contributed by atoms with Gasteiger partial charge in [-0.3, -0.25) is 4.99 Å². The predicted molar refractivity (Wildman–Crippen MR) is 115 cm³/mol. The van der Waals surface area contributed by atoms with E-state index >= 15 is 0 Å². The van der Waals surface area contributed by atoms with Crippen molar-refractivity contribution in [3.8, 4) is 0 Å². The number of nitrogens with two attached hydrogens (primary N) is 1. The van der Waals surface area contributed by atoms with E-state index in [4.69, 9.17) is 5.73 Å². The van der Waals surface area contributed by atoms with Crippen LogP contribution in [0.5, 0.6) is 0 Å². The Bertz CT molecular complexity index is 909. The molecule has 29 heavy (non-hydrogen) atoms. The summed E-state index contributed by atoms with van der Waals surface area (Å²) in [4.78, 5) is 8.53. The van der Waals surface area contributed by atoms with Crippen LogP contribution in [0, 0.1) is 5.82 Å². The molecule has 1 saturated heterocycles. The summed E-state index contributed by atoms with van der Waals surface area (Å²) in [5, 5.41) is 0. The molecule has 0 bridgehead atoms. The van der Waals surface area contributed by atoms with Crippen molar-refractivity contribution in [1.82, 2.24) is 4.90 Å². The van der Waals surface area contributed by atoms with E-state index in [2.05, 4.69) is 9.89 Å².